The summed E-state index contributed by atoms with van der Waals surface area (Å²) in [7, 11) is 0. The molecule has 1 saturated heterocycles. The van der Waals surface area contributed by atoms with Crippen LogP contribution >= 0.6 is 12.2 Å². The van der Waals surface area contributed by atoms with Gasteiger partial charge in [0.1, 0.15) is 0 Å². The second-order valence-corrected chi connectivity index (χ2v) is 4.87. The molecule has 0 amide bonds. The number of nitrogens with zero attached hydrogens (tertiary/aromatic N) is 1. The van der Waals surface area contributed by atoms with E-state index in [9.17, 15) is 0 Å². The fourth-order valence-electron chi connectivity index (χ4n) is 1.68. The van der Waals surface area contributed by atoms with Gasteiger partial charge in [-0.3, -0.25) is 0 Å². The number of hydrogen-bond acceptors (Lipinski definition) is 1. The Morgan fingerprint density at radius 1 is 1.21 bits per heavy atom. The molecule has 1 rings (SSSR count). The largest absolute Gasteiger partial charge is 0.362 e. The highest BCUT2D eigenvalue weighted by molar-refractivity contribution is 7.80. The molecule has 1 N–H and O–H groups in total. The topological polar surface area (TPSA) is 15.3 Å². The molecule has 1 aliphatic heterocycles. The standard InChI is InChI=1S/C11H22N2S/c1-10(2)9-12-11(14)13-7-5-3-4-6-8-13/h10H,3-9H2,1-2H3,(H,12,14). The van der Waals surface area contributed by atoms with Gasteiger partial charge in [-0.2, -0.15) is 0 Å². The number of likely N-dealkylation sites (tertiary alicyclic amines) is 1. The molecule has 0 saturated carbocycles. The highest BCUT2D eigenvalue weighted by Gasteiger charge is 2.11. The molecular weight excluding hydrogens is 192 g/mol. The number of nitrogens with one attached hydrogen (secondary N) is 1. The first-order chi connectivity index (χ1) is 6.70. The van der Waals surface area contributed by atoms with Crippen molar-refractivity contribution in [2.24, 2.45) is 5.92 Å². The van der Waals surface area contributed by atoms with E-state index in [2.05, 4.69) is 24.1 Å². The maximum Gasteiger partial charge on any atom is 0.168 e. The monoisotopic (exact) mass is 214 g/mol. The van der Waals surface area contributed by atoms with Crippen molar-refractivity contribution in [3.8, 4) is 0 Å². The van der Waals surface area contributed by atoms with Crippen molar-refractivity contribution in [1.29, 1.82) is 0 Å². The minimum atomic E-state index is 0.667. The summed E-state index contributed by atoms with van der Waals surface area (Å²) in [6.07, 6.45) is 5.32. The van der Waals surface area contributed by atoms with Crippen LogP contribution in [0.25, 0.3) is 0 Å². The molecule has 0 atom stereocenters. The highest BCUT2D eigenvalue weighted by atomic mass is 32.1. The van der Waals surface area contributed by atoms with E-state index in [0.717, 1.165) is 24.7 Å². The fourth-order valence-corrected chi connectivity index (χ4v) is 1.94. The molecule has 0 aromatic carbocycles. The van der Waals surface area contributed by atoms with E-state index >= 15 is 0 Å². The van der Waals surface area contributed by atoms with Crippen LogP contribution in [0.15, 0.2) is 0 Å². The predicted octanol–water partition coefficient (Wildman–Crippen LogP) is 2.39. The third kappa shape index (κ3) is 4.27. The van der Waals surface area contributed by atoms with Crippen LogP contribution in [0.4, 0.5) is 0 Å². The van der Waals surface area contributed by atoms with Gasteiger partial charge in [0.25, 0.3) is 0 Å². The SMILES string of the molecule is CC(C)CNC(=S)N1CCCCCC1. The summed E-state index contributed by atoms with van der Waals surface area (Å²) in [5, 5.41) is 4.30. The van der Waals surface area contributed by atoms with Crippen LogP contribution in [0.2, 0.25) is 0 Å². The van der Waals surface area contributed by atoms with Gasteiger partial charge >= 0.3 is 0 Å². The molecule has 0 spiro atoms. The van der Waals surface area contributed by atoms with Crippen LogP contribution in [-0.4, -0.2) is 29.6 Å². The van der Waals surface area contributed by atoms with Gasteiger partial charge in [0.15, 0.2) is 5.11 Å². The summed E-state index contributed by atoms with van der Waals surface area (Å²) in [6.45, 7) is 7.69. The van der Waals surface area contributed by atoms with Gasteiger partial charge in [-0.05, 0) is 31.0 Å². The molecule has 3 heteroatoms. The van der Waals surface area contributed by atoms with Crippen molar-refractivity contribution in [3.05, 3.63) is 0 Å². The first kappa shape index (κ1) is 11.8. The smallest absolute Gasteiger partial charge is 0.168 e. The zero-order chi connectivity index (χ0) is 10.4. The Hall–Kier alpha value is -0.310. The third-order valence-electron chi connectivity index (χ3n) is 2.55. The van der Waals surface area contributed by atoms with E-state index in [0.29, 0.717) is 5.92 Å². The molecule has 0 aliphatic carbocycles. The minimum absolute atomic E-state index is 0.667. The van der Waals surface area contributed by atoms with Gasteiger partial charge < -0.3 is 10.2 Å². The molecule has 1 fully saturated rings. The first-order valence-corrected chi connectivity index (χ1v) is 6.13. The van der Waals surface area contributed by atoms with Crippen molar-refractivity contribution >= 4 is 17.3 Å². The molecule has 1 aliphatic rings. The van der Waals surface area contributed by atoms with Gasteiger partial charge in [-0.25, -0.2) is 0 Å². The predicted molar refractivity (Wildman–Crippen MR) is 65.5 cm³/mol. The summed E-state index contributed by atoms with van der Waals surface area (Å²) in [4.78, 5) is 2.32. The molecule has 82 valence electrons. The zero-order valence-corrected chi connectivity index (χ0v) is 10.2. The number of rotatable bonds is 2. The lowest BCUT2D eigenvalue weighted by molar-refractivity contribution is 0.423. The fraction of sp³-hybridized carbons (Fsp3) is 0.909. The van der Waals surface area contributed by atoms with Crippen molar-refractivity contribution in [2.45, 2.75) is 39.5 Å². The molecule has 0 bridgehead atoms. The summed E-state index contributed by atoms with van der Waals surface area (Å²) in [5.41, 5.74) is 0. The second kappa shape index (κ2) is 6.23. The summed E-state index contributed by atoms with van der Waals surface area (Å²) >= 11 is 5.37. The van der Waals surface area contributed by atoms with Crippen molar-refractivity contribution in [3.63, 3.8) is 0 Å². The lowest BCUT2D eigenvalue weighted by Gasteiger charge is -2.24. The van der Waals surface area contributed by atoms with Crippen LogP contribution in [-0.2, 0) is 0 Å². The average molecular weight is 214 g/mol. The van der Waals surface area contributed by atoms with E-state index in [1.807, 2.05) is 0 Å². The lowest BCUT2D eigenvalue weighted by Crippen LogP contribution is -2.41. The molecule has 14 heavy (non-hydrogen) atoms. The Bertz CT molecular complexity index is 172. The molecule has 0 aromatic rings. The Labute approximate surface area is 93.1 Å². The Morgan fingerprint density at radius 3 is 2.29 bits per heavy atom. The van der Waals surface area contributed by atoms with Crippen LogP contribution in [0.3, 0.4) is 0 Å². The molecule has 0 unspecified atom stereocenters. The maximum atomic E-state index is 5.37. The molecule has 0 aromatic heterocycles. The second-order valence-electron chi connectivity index (χ2n) is 4.48. The Balaban J connectivity index is 2.27. The minimum Gasteiger partial charge on any atom is -0.362 e. The molecule has 1 heterocycles. The maximum absolute atomic E-state index is 5.37. The van der Waals surface area contributed by atoms with Crippen LogP contribution in [0, 0.1) is 5.92 Å². The third-order valence-corrected chi connectivity index (χ3v) is 2.96. The summed E-state index contributed by atoms with van der Waals surface area (Å²) in [5.74, 6) is 0.667. The van der Waals surface area contributed by atoms with Crippen LogP contribution < -0.4 is 5.32 Å². The number of thiocarbonyl (C=S) groups is 1. The van der Waals surface area contributed by atoms with E-state index in [1.165, 1.54) is 25.7 Å². The van der Waals surface area contributed by atoms with E-state index < -0.39 is 0 Å². The molecule has 0 radical (unpaired) electrons. The molecule has 2 nitrogen and oxygen atoms in total. The van der Waals surface area contributed by atoms with Crippen LogP contribution in [0.5, 0.6) is 0 Å². The highest BCUT2D eigenvalue weighted by Crippen LogP contribution is 2.09. The summed E-state index contributed by atoms with van der Waals surface area (Å²) in [6, 6.07) is 0. The number of hydrogen-bond donors (Lipinski definition) is 1. The van der Waals surface area contributed by atoms with E-state index in [4.69, 9.17) is 12.2 Å². The van der Waals surface area contributed by atoms with Crippen LogP contribution in [0.1, 0.15) is 39.5 Å². The van der Waals surface area contributed by atoms with Gasteiger partial charge in [0.2, 0.25) is 0 Å². The first-order valence-electron chi connectivity index (χ1n) is 5.73. The molecular formula is C11H22N2S. The van der Waals surface area contributed by atoms with Gasteiger partial charge in [-0.15, -0.1) is 0 Å². The van der Waals surface area contributed by atoms with Gasteiger partial charge in [0, 0.05) is 19.6 Å². The zero-order valence-electron chi connectivity index (χ0n) is 9.38. The van der Waals surface area contributed by atoms with E-state index in [-0.39, 0.29) is 0 Å². The van der Waals surface area contributed by atoms with Gasteiger partial charge in [0.05, 0.1) is 0 Å². The summed E-state index contributed by atoms with van der Waals surface area (Å²) < 4.78 is 0. The van der Waals surface area contributed by atoms with Crippen molar-refractivity contribution in [2.75, 3.05) is 19.6 Å². The van der Waals surface area contributed by atoms with Crippen molar-refractivity contribution < 1.29 is 0 Å². The lowest BCUT2D eigenvalue weighted by atomic mass is 10.2. The Morgan fingerprint density at radius 2 is 1.79 bits per heavy atom. The van der Waals surface area contributed by atoms with Crippen molar-refractivity contribution in [1.82, 2.24) is 10.2 Å². The average Bonchev–Trinajstić information content (AvgIpc) is 2.42. The van der Waals surface area contributed by atoms with E-state index in [1.54, 1.807) is 0 Å². The quantitative estimate of drug-likeness (QED) is 0.711. The Kier molecular flexibility index (Phi) is 5.23. The normalized spacial score (nSPS) is 18.1. The van der Waals surface area contributed by atoms with Gasteiger partial charge in [-0.1, -0.05) is 26.7 Å².